The predicted octanol–water partition coefficient (Wildman–Crippen LogP) is 2.51. The molecule has 2 fully saturated rings. The molecular formula is C16H26N4OS. The molecule has 1 amide bonds. The Morgan fingerprint density at radius 1 is 1.41 bits per heavy atom. The quantitative estimate of drug-likeness (QED) is 0.854. The summed E-state index contributed by atoms with van der Waals surface area (Å²) in [5.41, 5.74) is 0.521. The Morgan fingerprint density at radius 3 is 3.00 bits per heavy atom. The molecule has 0 bridgehead atoms. The van der Waals surface area contributed by atoms with Crippen LogP contribution in [0.3, 0.4) is 0 Å². The molecular weight excluding hydrogens is 296 g/mol. The normalized spacial score (nSPS) is 26.2. The molecule has 0 aromatic carbocycles. The van der Waals surface area contributed by atoms with Crippen LogP contribution in [0, 0.1) is 11.8 Å². The number of carbonyl (C=O) groups is 1. The molecule has 1 aromatic heterocycles. The Labute approximate surface area is 136 Å². The Kier molecular flexibility index (Phi) is 5.08. The molecule has 0 saturated carbocycles. The van der Waals surface area contributed by atoms with Gasteiger partial charge in [-0.05, 0) is 55.6 Å². The van der Waals surface area contributed by atoms with Crippen molar-refractivity contribution in [2.45, 2.75) is 45.6 Å². The van der Waals surface area contributed by atoms with Crippen LogP contribution in [0.1, 0.15) is 50.0 Å². The maximum Gasteiger partial charge on any atom is 0.275 e. The van der Waals surface area contributed by atoms with E-state index in [4.69, 9.17) is 0 Å². The Hall–Kier alpha value is -1.01. The van der Waals surface area contributed by atoms with Crippen LogP contribution in [0.5, 0.6) is 0 Å². The summed E-state index contributed by atoms with van der Waals surface area (Å²) in [4.78, 5) is 17.3. The molecule has 3 heterocycles. The molecule has 2 atom stereocenters. The van der Waals surface area contributed by atoms with Crippen LogP contribution in [0.2, 0.25) is 0 Å². The van der Waals surface area contributed by atoms with Gasteiger partial charge in [0.2, 0.25) is 0 Å². The van der Waals surface area contributed by atoms with E-state index in [0.29, 0.717) is 17.7 Å². The number of nitrogens with zero attached hydrogens (tertiary/aromatic N) is 4. The number of aromatic nitrogens is 2. The van der Waals surface area contributed by atoms with Crippen LogP contribution in [0.15, 0.2) is 5.38 Å². The lowest BCUT2D eigenvalue weighted by Gasteiger charge is -2.47. The molecule has 6 heteroatoms. The van der Waals surface area contributed by atoms with E-state index in [9.17, 15) is 4.79 Å². The van der Waals surface area contributed by atoms with Crippen molar-refractivity contribution in [3.8, 4) is 0 Å². The highest BCUT2D eigenvalue weighted by atomic mass is 32.1. The van der Waals surface area contributed by atoms with Crippen molar-refractivity contribution in [2.75, 3.05) is 26.2 Å². The molecule has 5 nitrogen and oxygen atoms in total. The number of amides is 1. The summed E-state index contributed by atoms with van der Waals surface area (Å²) in [7, 11) is 0. The fraction of sp³-hybridized carbons (Fsp3) is 0.812. The first-order valence-electron chi connectivity index (χ1n) is 8.45. The van der Waals surface area contributed by atoms with Crippen molar-refractivity contribution in [1.82, 2.24) is 19.4 Å². The lowest BCUT2D eigenvalue weighted by molar-refractivity contribution is 0.0190. The van der Waals surface area contributed by atoms with Gasteiger partial charge in [-0.1, -0.05) is 18.3 Å². The van der Waals surface area contributed by atoms with Gasteiger partial charge < -0.3 is 9.80 Å². The first kappa shape index (κ1) is 15.9. The highest BCUT2D eigenvalue weighted by Gasteiger charge is 2.38. The SMILES string of the molecule is CC(C)CCN1CC[C@@H]2[C@H](CCCN2C(=O)c2csnn2)C1. The minimum Gasteiger partial charge on any atom is -0.334 e. The van der Waals surface area contributed by atoms with E-state index in [0.717, 1.165) is 38.4 Å². The van der Waals surface area contributed by atoms with Gasteiger partial charge in [-0.15, -0.1) is 5.10 Å². The second-order valence-corrected chi connectivity index (χ2v) is 7.64. The van der Waals surface area contributed by atoms with E-state index in [1.807, 2.05) is 0 Å². The van der Waals surface area contributed by atoms with Gasteiger partial charge in [0.1, 0.15) is 0 Å². The first-order chi connectivity index (χ1) is 10.6. The first-order valence-corrected chi connectivity index (χ1v) is 9.29. The Balaban J connectivity index is 1.62. The third kappa shape index (κ3) is 3.49. The van der Waals surface area contributed by atoms with Gasteiger partial charge in [0.25, 0.3) is 5.91 Å². The van der Waals surface area contributed by atoms with Gasteiger partial charge in [0.15, 0.2) is 5.69 Å². The molecule has 0 unspecified atom stereocenters. The number of hydrogen-bond acceptors (Lipinski definition) is 5. The van der Waals surface area contributed by atoms with Gasteiger partial charge >= 0.3 is 0 Å². The third-order valence-electron chi connectivity index (χ3n) is 5.01. The summed E-state index contributed by atoms with van der Waals surface area (Å²) in [6.07, 6.45) is 4.74. The molecule has 0 aliphatic carbocycles. The van der Waals surface area contributed by atoms with Gasteiger partial charge in [0, 0.05) is 31.1 Å². The second-order valence-electron chi connectivity index (χ2n) is 7.03. The van der Waals surface area contributed by atoms with Crippen molar-refractivity contribution in [2.24, 2.45) is 11.8 Å². The molecule has 2 saturated heterocycles. The lowest BCUT2D eigenvalue weighted by Crippen LogP contribution is -2.55. The average Bonchev–Trinajstić information content (AvgIpc) is 3.05. The van der Waals surface area contributed by atoms with Crippen LogP contribution >= 0.6 is 11.5 Å². The fourth-order valence-electron chi connectivity index (χ4n) is 3.78. The Bertz CT molecular complexity index is 490. The van der Waals surface area contributed by atoms with Gasteiger partial charge in [-0.2, -0.15) is 0 Å². The maximum absolute atomic E-state index is 12.6. The van der Waals surface area contributed by atoms with E-state index in [1.54, 1.807) is 5.38 Å². The molecule has 2 aliphatic rings. The molecule has 0 spiro atoms. The van der Waals surface area contributed by atoms with Crippen LogP contribution in [-0.2, 0) is 0 Å². The largest absolute Gasteiger partial charge is 0.334 e. The summed E-state index contributed by atoms with van der Waals surface area (Å²) in [6, 6.07) is 0.401. The van der Waals surface area contributed by atoms with Crippen molar-refractivity contribution >= 4 is 17.4 Å². The summed E-state index contributed by atoms with van der Waals surface area (Å²) in [5.74, 6) is 1.48. The minimum atomic E-state index is 0.0825. The highest BCUT2D eigenvalue weighted by molar-refractivity contribution is 7.03. The van der Waals surface area contributed by atoms with Gasteiger partial charge in [-0.25, -0.2) is 0 Å². The zero-order chi connectivity index (χ0) is 15.5. The summed E-state index contributed by atoms with van der Waals surface area (Å²) in [5, 5.41) is 5.73. The standard InChI is InChI=1S/C16H26N4OS/c1-12(2)5-8-19-9-6-15-13(10-19)4-3-7-20(15)16(21)14-11-22-18-17-14/h11-13,15H,3-10H2,1-2H3/t13-,15-/m1/s1. The van der Waals surface area contributed by atoms with Crippen LogP contribution in [-0.4, -0.2) is 57.5 Å². The molecule has 1 aromatic rings. The number of piperidine rings is 2. The number of rotatable bonds is 4. The zero-order valence-electron chi connectivity index (χ0n) is 13.6. The van der Waals surface area contributed by atoms with E-state index < -0.39 is 0 Å². The van der Waals surface area contributed by atoms with E-state index >= 15 is 0 Å². The second kappa shape index (κ2) is 7.04. The van der Waals surface area contributed by atoms with Gasteiger partial charge in [0.05, 0.1) is 0 Å². The van der Waals surface area contributed by atoms with E-state index in [-0.39, 0.29) is 5.91 Å². The smallest absolute Gasteiger partial charge is 0.275 e. The topological polar surface area (TPSA) is 49.3 Å². The van der Waals surface area contributed by atoms with Crippen LogP contribution < -0.4 is 0 Å². The Morgan fingerprint density at radius 2 is 2.27 bits per heavy atom. The minimum absolute atomic E-state index is 0.0825. The van der Waals surface area contributed by atoms with Crippen molar-refractivity contribution in [1.29, 1.82) is 0 Å². The monoisotopic (exact) mass is 322 g/mol. The third-order valence-corrected chi connectivity index (χ3v) is 5.52. The molecule has 0 N–H and O–H groups in total. The molecule has 2 aliphatic heterocycles. The highest BCUT2D eigenvalue weighted by Crippen LogP contribution is 2.31. The predicted molar refractivity (Wildman–Crippen MR) is 88.0 cm³/mol. The number of likely N-dealkylation sites (tertiary alicyclic amines) is 2. The van der Waals surface area contributed by atoms with Crippen molar-refractivity contribution < 1.29 is 4.79 Å². The molecule has 122 valence electrons. The number of carbonyl (C=O) groups excluding carboxylic acids is 1. The molecule has 3 rings (SSSR count). The molecule has 0 radical (unpaired) electrons. The zero-order valence-corrected chi connectivity index (χ0v) is 14.4. The van der Waals surface area contributed by atoms with E-state index in [2.05, 4.69) is 33.2 Å². The molecule has 22 heavy (non-hydrogen) atoms. The summed E-state index contributed by atoms with van der Waals surface area (Å²) < 4.78 is 3.83. The number of hydrogen-bond donors (Lipinski definition) is 0. The van der Waals surface area contributed by atoms with Crippen LogP contribution in [0.25, 0.3) is 0 Å². The van der Waals surface area contributed by atoms with Gasteiger partial charge in [-0.3, -0.25) is 4.79 Å². The maximum atomic E-state index is 12.6. The van der Waals surface area contributed by atoms with Crippen LogP contribution in [0.4, 0.5) is 0 Å². The number of fused-ring (bicyclic) bond motifs is 1. The average molecular weight is 322 g/mol. The van der Waals surface area contributed by atoms with E-state index in [1.165, 1.54) is 30.9 Å². The lowest BCUT2D eigenvalue weighted by atomic mass is 9.83. The van der Waals surface area contributed by atoms with Crippen molar-refractivity contribution in [3.63, 3.8) is 0 Å². The summed E-state index contributed by atoms with van der Waals surface area (Å²) in [6.45, 7) is 8.92. The summed E-state index contributed by atoms with van der Waals surface area (Å²) >= 11 is 1.25. The fourth-order valence-corrected chi connectivity index (χ4v) is 4.21. The van der Waals surface area contributed by atoms with Crippen molar-refractivity contribution in [3.05, 3.63) is 11.1 Å².